The summed E-state index contributed by atoms with van der Waals surface area (Å²) >= 11 is 11.4. The number of rotatable bonds is 6. The van der Waals surface area contributed by atoms with Gasteiger partial charge in [-0.05, 0) is 0 Å². The maximum absolute atomic E-state index is 11.9. The van der Waals surface area contributed by atoms with E-state index in [0.29, 0.717) is 0 Å². The van der Waals surface area contributed by atoms with Gasteiger partial charge in [0.2, 0.25) is 5.91 Å². The number of phenols is 1. The molecule has 0 saturated carbocycles. The fourth-order valence-corrected chi connectivity index (χ4v) is 3.33. The van der Waals surface area contributed by atoms with Crippen molar-refractivity contribution in [2.75, 3.05) is 26.4 Å². The fraction of sp³-hybridized carbons (Fsp3) is 0.417. The molecule has 0 fully saturated rings. The SMILES string of the molecule is COc1c(Cl)c(OC)c(S(C)(=O)=O)c(O)c1CNC(=O)CCl. The van der Waals surface area contributed by atoms with Crippen LogP contribution in [-0.4, -0.2) is 45.8 Å². The van der Waals surface area contributed by atoms with Crippen molar-refractivity contribution in [1.82, 2.24) is 5.32 Å². The molecule has 0 heterocycles. The van der Waals surface area contributed by atoms with Gasteiger partial charge in [0.1, 0.15) is 22.4 Å². The van der Waals surface area contributed by atoms with E-state index in [2.05, 4.69) is 5.32 Å². The predicted molar refractivity (Wildman–Crippen MR) is 81.9 cm³/mol. The number of carbonyl (C=O) groups excluding carboxylic acids is 1. The second kappa shape index (κ2) is 7.26. The molecular formula is C12H15Cl2NO6S. The molecule has 124 valence electrons. The van der Waals surface area contributed by atoms with Crippen LogP contribution in [0.25, 0.3) is 0 Å². The Kier molecular flexibility index (Phi) is 6.16. The number of alkyl halides is 1. The number of methoxy groups -OCH3 is 2. The molecule has 0 bridgehead atoms. The highest BCUT2D eigenvalue weighted by Gasteiger charge is 2.30. The number of hydrogen-bond acceptors (Lipinski definition) is 6. The van der Waals surface area contributed by atoms with Gasteiger partial charge in [0.05, 0.1) is 26.3 Å². The van der Waals surface area contributed by atoms with Gasteiger partial charge in [0.15, 0.2) is 20.5 Å². The van der Waals surface area contributed by atoms with E-state index in [-0.39, 0.29) is 34.5 Å². The summed E-state index contributed by atoms with van der Waals surface area (Å²) in [6, 6.07) is 0. The quantitative estimate of drug-likeness (QED) is 0.731. The molecule has 0 spiro atoms. The van der Waals surface area contributed by atoms with Crippen molar-refractivity contribution >= 4 is 38.9 Å². The Bertz CT molecular complexity index is 690. The number of aromatic hydroxyl groups is 1. The smallest absolute Gasteiger partial charge is 0.235 e. The highest BCUT2D eigenvalue weighted by atomic mass is 35.5. The van der Waals surface area contributed by atoms with Gasteiger partial charge < -0.3 is 19.9 Å². The van der Waals surface area contributed by atoms with Crippen LogP contribution in [0.5, 0.6) is 17.2 Å². The second-order valence-corrected chi connectivity index (χ2v) is 6.82. The van der Waals surface area contributed by atoms with Crippen LogP contribution in [0.2, 0.25) is 5.02 Å². The van der Waals surface area contributed by atoms with Crippen LogP contribution >= 0.6 is 23.2 Å². The number of hydrogen-bond donors (Lipinski definition) is 2. The van der Waals surface area contributed by atoms with Crippen LogP contribution in [0.4, 0.5) is 0 Å². The van der Waals surface area contributed by atoms with E-state index < -0.39 is 26.4 Å². The lowest BCUT2D eigenvalue weighted by molar-refractivity contribution is -0.118. The van der Waals surface area contributed by atoms with Crippen molar-refractivity contribution in [1.29, 1.82) is 0 Å². The van der Waals surface area contributed by atoms with Gasteiger partial charge in [-0.1, -0.05) is 11.6 Å². The zero-order chi connectivity index (χ0) is 17.1. The van der Waals surface area contributed by atoms with Gasteiger partial charge in [-0.25, -0.2) is 8.42 Å². The van der Waals surface area contributed by atoms with Crippen molar-refractivity contribution in [3.63, 3.8) is 0 Å². The van der Waals surface area contributed by atoms with E-state index in [4.69, 9.17) is 32.7 Å². The standard InChI is InChI=1S/C12H15Cl2NO6S/c1-20-10-6(5-15-7(16)4-13)9(17)12(22(3,18)19)11(21-2)8(10)14/h17H,4-5H2,1-3H3,(H,15,16). The number of nitrogens with one attached hydrogen (secondary N) is 1. The Morgan fingerprint density at radius 3 is 2.23 bits per heavy atom. The van der Waals surface area contributed by atoms with Crippen LogP contribution in [0.3, 0.4) is 0 Å². The summed E-state index contributed by atoms with van der Waals surface area (Å²) in [7, 11) is -1.35. The molecule has 0 aliphatic carbocycles. The number of halogens is 2. The summed E-state index contributed by atoms with van der Waals surface area (Å²) in [6.45, 7) is -0.215. The Hall–Kier alpha value is -1.38. The molecule has 1 amide bonds. The highest BCUT2D eigenvalue weighted by molar-refractivity contribution is 7.91. The summed E-state index contributed by atoms with van der Waals surface area (Å²) in [5, 5.41) is 12.6. The minimum atomic E-state index is -3.84. The fourth-order valence-electron chi connectivity index (χ4n) is 1.82. The highest BCUT2D eigenvalue weighted by Crippen LogP contribution is 2.48. The average Bonchev–Trinajstić information content (AvgIpc) is 2.45. The van der Waals surface area contributed by atoms with Crippen molar-refractivity contribution in [3.05, 3.63) is 10.6 Å². The van der Waals surface area contributed by atoms with E-state index in [0.717, 1.165) is 6.26 Å². The van der Waals surface area contributed by atoms with Crippen molar-refractivity contribution < 1.29 is 27.8 Å². The Morgan fingerprint density at radius 2 is 1.82 bits per heavy atom. The zero-order valence-corrected chi connectivity index (χ0v) is 14.4. The molecule has 0 aromatic heterocycles. The Balaban J connectivity index is 3.62. The van der Waals surface area contributed by atoms with E-state index in [1.165, 1.54) is 14.2 Å². The van der Waals surface area contributed by atoms with E-state index in [9.17, 15) is 18.3 Å². The van der Waals surface area contributed by atoms with E-state index in [1.54, 1.807) is 0 Å². The lowest BCUT2D eigenvalue weighted by Crippen LogP contribution is -2.24. The molecular weight excluding hydrogens is 357 g/mol. The Morgan fingerprint density at radius 1 is 1.27 bits per heavy atom. The summed E-state index contributed by atoms with van der Waals surface area (Å²) in [5.74, 6) is -1.62. The molecule has 1 aromatic rings. The maximum atomic E-state index is 11.9. The number of amides is 1. The Labute approximate surface area is 138 Å². The largest absolute Gasteiger partial charge is 0.506 e. The molecule has 0 atom stereocenters. The van der Waals surface area contributed by atoms with Gasteiger partial charge >= 0.3 is 0 Å². The average molecular weight is 372 g/mol. The van der Waals surface area contributed by atoms with Gasteiger partial charge in [-0.3, -0.25) is 4.79 Å². The maximum Gasteiger partial charge on any atom is 0.235 e. The topological polar surface area (TPSA) is 102 Å². The zero-order valence-electron chi connectivity index (χ0n) is 12.1. The number of phenolic OH excluding ortho intramolecular Hbond substituents is 1. The van der Waals surface area contributed by atoms with Gasteiger partial charge in [0.25, 0.3) is 0 Å². The first-order valence-corrected chi connectivity index (χ1v) is 8.67. The summed E-state index contributed by atoms with van der Waals surface area (Å²) in [6.07, 6.45) is 0.897. The number of carbonyl (C=O) groups is 1. The van der Waals surface area contributed by atoms with Crippen molar-refractivity contribution in [2.24, 2.45) is 0 Å². The lowest BCUT2D eigenvalue weighted by atomic mass is 10.1. The summed E-state index contributed by atoms with van der Waals surface area (Å²) in [4.78, 5) is 10.8. The third-order valence-corrected chi connectivity index (χ3v) is 4.45. The number of benzene rings is 1. The minimum absolute atomic E-state index is 0.00158. The van der Waals surface area contributed by atoms with Crippen LogP contribution in [0.15, 0.2) is 4.90 Å². The molecule has 0 radical (unpaired) electrons. The summed E-state index contributed by atoms with van der Waals surface area (Å²) < 4.78 is 33.8. The molecule has 10 heteroatoms. The van der Waals surface area contributed by atoms with Crippen LogP contribution in [-0.2, 0) is 21.2 Å². The second-order valence-electron chi connectivity index (χ2n) is 4.22. The van der Waals surface area contributed by atoms with Crippen molar-refractivity contribution in [2.45, 2.75) is 11.4 Å². The molecule has 0 saturated heterocycles. The molecule has 0 aliphatic heterocycles. The number of ether oxygens (including phenoxy) is 2. The van der Waals surface area contributed by atoms with Crippen LogP contribution in [0, 0.1) is 0 Å². The van der Waals surface area contributed by atoms with Gasteiger partial charge in [-0.15, -0.1) is 11.6 Å². The normalized spacial score (nSPS) is 11.1. The van der Waals surface area contributed by atoms with E-state index >= 15 is 0 Å². The number of sulfone groups is 1. The summed E-state index contributed by atoms with van der Waals surface area (Å²) in [5.41, 5.74) is 0.00666. The molecule has 22 heavy (non-hydrogen) atoms. The first kappa shape index (κ1) is 18.7. The molecule has 1 aromatic carbocycles. The van der Waals surface area contributed by atoms with Crippen LogP contribution in [0.1, 0.15) is 5.56 Å². The third kappa shape index (κ3) is 3.68. The molecule has 2 N–H and O–H groups in total. The molecule has 1 rings (SSSR count). The molecule has 0 aliphatic rings. The first-order chi connectivity index (χ1) is 10.2. The van der Waals surface area contributed by atoms with Gasteiger partial charge in [-0.2, -0.15) is 0 Å². The lowest BCUT2D eigenvalue weighted by Gasteiger charge is -2.19. The van der Waals surface area contributed by atoms with Crippen LogP contribution < -0.4 is 14.8 Å². The van der Waals surface area contributed by atoms with Gasteiger partial charge in [0, 0.05) is 6.26 Å². The monoisotopic (exact) mass is 371 g/mol. The molecule has 7 nitrogen and oxygen atoms in total. The third-order valence-electron chi connectivity index (χ3n) is 2.74. The minimum Gasteiger partial charge on any atom is -0.506 e. The van der Waals surface area contributed by atoms with Crippen molar-refractivity contribution in [3.8, 4) is 17.2 Å². The predicted octanol–water partition coefficient (Wildman–Crippen LogP) is 1.32. The van der Waals surface area contributed by atoms with E-state index in [1.807, 2.05) is 0 Å². The first-order valence-electron chi connectivity index (χ1n) is 5.87. The molecule has 0 unspecified atom stereocenters.